The lowest BCUT2D eigenvalue weighted by molar-refractivity contribution is -0.116. The first-order valence-electron chi connectivity index (χ1n) is 11.7. The van der Waals surface area contributed by atoms with Gasteiger partial charge in [-0.15, -0.1) is 0 Å². The molecule has 8 nitrogen and oxygen atoms in total. The van der Waals surface area contributed by atoms with Gasteiger partial charge in [-0.25, -0.2) is 4.98 Å². The molecule has 1 atom stereocenters. The summed E-state index contributed by atoms with van der Waals surface area (Å²) in [6.07, 6.45) is 2.37. The number of unbranched alkanes of at least 4 members (excludes halogenated alkanes) is 1. The summed E-state index contributed by atoms with van der Waals surface area (Å²) < 4.78 is 19.6. The van der Waals surface area contributed by atoms with E-state index in [2.05, 4.69) is 12.2 Å². The number of nitrogens with one attached hydrogen (secondary N) is 1. The van der Waals surface area contributed by atoms with Crippen molar-refractivity contribution in [2.75, 3.05) is 26.1 Å². The molecule has 1 aliphatic heterocycles. The molecule has 1 amide bonds. The quantitative estimate of drug-likeness (QED) is 0.329. The lowest BCUT2D eigenvalue weighted by atomic mass is 9.85. The van der Waals surface area contributed by atoms with Crippen molar-refractivity contribution in [3.63, 3.8) is 0 Å². The first kappa shape index (κ1) is 23.2. The van der Waals surface area contributed by atoms with Crippen LogP contribution >= 0.6 is 11.3 Å². The van der Waals surface area contributed by atoms with Gasteiger partial charge in [-0.2, -0.15) is 9.78 Å². The highest BCUT2D eigenvalue weighted by atomic mass is 32.1. The zero-order chi connectivity index (χ0) is 24.5. The van der Waals surface area contributed by atoms with Gasteiger partial charge in [0.15, 0.2) is 11.5 Å². The third-order valence-electron chi connectivity index (χ3n) is 6.21. The fraction of sp³-hybridized carbons (Fsp3) is 0.346. The molecule has 0 bridgehead atoms. The summed E-state index contributed by atoms with van der Waals surface area (Å²) in [5.41, 5.74) is 3.68. The van der Waals surface area contributed by atoms with E-state index in [0.29, 0.717) is 35.5 Å². The Labute approximate surface area is 207 Å². The number of carbonyl (C=O) groups excluding carboxylic acids is 1. The molecular formula is C26H28N4O4S. The van der Waals surface area contributed by atoms with Gasteiger partial charge in [0, 0.05) is 17.9 Å². The van der Waals surface area contributed by atoms with Crippen LogP contribution in [0.1, 0.15) is 48.9 Å². The van der Waals surface area contributed by atoms with Crippen LogP contribution in [0.4, 0.5) is 5.82 Å². The number of nitrogens with zero attached hydrogens (tertiary/aromatic N) is 3. The SMILES string of the molecule is CCCCOc1ccc([C@H]2CC(=O)Nc3c2c(C)nn3-c2nc3ccc(OC)cc3s2)cc1OC. The van der Waals surface area contributed by atoms with Gasteiger partial charge in [0.2, 0.25) is 11.0 Å². The van der Waals surface area contributed by atoms with Crippen molar-refractivity contribution in [3.8, 4) is 22.4 Å². The molecule has 1 aliphatic rings. The van der Waals surface area contributed by atoms with Gasteiger partial charge < -0.3 is 19.5 Å². The third-order valence-corrected chi connectivity index (χ3v) is 7.21. The smallest absolute Gasteiger partial charge is 0.226 e. The summed E-state index contributed by atoms with van der Waals surface area (Å²) in [5, 5.41) is 8.51. The van der Waals surface area contributed by atoms with E-state index in [-0.39, 0.29) is 11.8 Å². The lowest BCUT2D eigenvalue weighted by Crippen LogP contribution is -2.25. The van der Waals surface area contributed by atoms with E-state index in [1.54, 1.807) is 18.9 Å². The van der Waals surface area contributed by atoms with Crippen LogP contribution in [0.5, 0.6) is 17.2 Å². The molecule has 35 heavy (non-hydrogen) atoms. The number of carbonyl (C=O) groups is 1. The summed E-state index contributed by atoms with van der Waals surface area (Å²) in [6.45, 7) is 4.74. The van der Waals surface area contributed by atoms with E-state index in [1.807, 2.05) is 43.3 Å². The minimum atomic E-state index is -0.152. The van der Waals surface area contributed by atoms with Crippen LogP contribution in [-0.4, -0.2) is 41.5 Å². The second-order valence-corrected chi connectivity index (χ2v) is 9.52. The summed E-state index contributed by atoms with van der Waals surface area (Å²) in [7, 11) is 3.28. The number of amides is 1. The van der Waals surface area contributed by atoms with E-state index in [1.165, 1.54) is 11.3 Å². The number of rotatable bonds is 8. The maximum absolute atomic E-state index is 12.8. The van der Waals surface area contributed by atoms with Crippen molar-refractivity contribution in [2.45, 2.75) is 39.0 Å². The van der Waals surface area contributed by atoms with Gasteiger partial charge >= 0.3 is 0 Å². The molecule has 4 aromatic rings. The Balaban J connectivity index is 1.54. The molecule has 5 rings (SSSR count). The Hall–Kier alpha value is -3.59. The number of benzene rings is 2. The molecule has 0 aliphatic carbocycles. The predicted molar refractivity (Wildman–Crippen MR) is 137 cm³/mol. The van der Waals surface area contributed by atoms with Gasteiger partial charge in [-0.1, -0.05) is 30.7 Å². The number of thiazole rings is 1. The second-order valence-electron chi connectivity index (χ2n) is 8.51. The van der Waals surface area contributed by atoms with Crippen molar-refractivity contribution in [1.29, 1.82) is 0 Å². The molecule has 0 radical (unpaired) electrons. The average molecular weight is 493 g/mol. The first-order valence-corrected chi connectivity index (χ1v) is 12.5. The van der Waals surface area contributed by atoms with Crippen molar-refractivity contribution < 1.29 is 19.0 Å². The van der Waals surface area contributed by atoms with Crippen LogP contribution in [0.2, 0.25) is 0 Å². The number of hydrogen-bond acceptors (Lipinski definition) is 7. The monoisotopic (exact) mass is 492 g/mol. The van der Waals surface area contributed by atoms with Crippen LogP contribution in [0.25, 0.3) is 15.3 Å². The minimum Gasteiger partial charge on any atom is -0.497 e. The highest BCUT2D eigenvalue weighted by Crippen LogP contribution is 2.43. The lowest BCUT2D eigenvalue weighted by Gasteiger charge is -2.25. The zero-order valence-electron chi connectivity index (χ0n) is 20.3. The molecule has 0 spiro atoms. The molecule has 182 valence electrons. The van der Waals surface area contributed by atoms with E-state index in [4.69, 9.17) is 24.3 Å². The molecule has 1 N–H and O–H groups in total. The second kappa shape index (κ2) is 9.58. The summed E-state index contributed by atoms with van der Waals surface area (Å²) in [5.74, 6) is 2.60. The van der Waals surface area contributed by atoms with Crippen molar-refractivity contribution in [2.24, 2.45) is 0 Å². The van der Waals surface area contributed by atoms with E-state index < -0.39 is 0 Å². The van der Waals surface area contributed by atoms with Crippen LogP contribution in [-0.2, 0) is 4.79 Å². The van der Waals surface area contributed by atoms with E-state index >= 15 is 0 Å². The minimum absolute atomic E-state index is 0.0614. The van der Waals surface area contributed by atoms with Gasteiger partial charge in [-0.3, -0.25) is 4.79 Å². The van der Waals surface area contributed by atoms with Gasteiger partial charge in [0.05, 0.1) is 36.7 Å². The Bertz CT molecular complexity index is 1390. The number of aryl methyl sites for hydroxylation is 1. The Kier molecular flexibility index (Phi) is 6.34. The van der Waals surface area contributed by atoms with Crippen molar-refractivity contribution >= 4 is 33.3 Å². The van der Waals surface area contributed by atoms with Crippen LogP contribution < -0.4 is 19.5 Å². The van der Waals surface area contributed by atoms with Crippen LogP contribution in [0.3, 0.4) is 0 Å². The molecule has 0 saturated carbocycles. The molecule has 0 saturated heterocycles. The highest BCUT2D eigenvalue weighted by Gasteiger charge is 2.33. The largest absolute Gasteiger partial charge is 0.497 e. The van der Waals surface area contributed by atoms with Gasteiger partial charge in [-0.05, 0) is 49.2 Å². The maximum Gasteiger partial charge on any atom is 0.226 e. The number of methoxy groups -OCH3 is 2. The topological polar surface area (TPSA) is 87.5 Å². The van der Waals surface area contributed by atoms with Gasteiger partial charge in [0.25, 0.3) is 0 Å². The highest BCUT2D eigenvalue weighted by molar-refractivity contribution is 7.20. The number of hydrogen-bond donors (Lipinski definition) is 1. The summed E-state index contributed by atoms with van der Waals surface area (Å²) in [6, 6.07) is 11.7. The molecule has 3 heterocycles. The number of fused-ring (bicyclic) bond motifs is 2. The maximum atomic E-state index is 12.8. The Morgan fingerprint density at radius 2 is 2.00 bits per heavy atom. The van der Waals surface area contributed by atoms with Crippen molar-refractivity contribution in [3.05, 3.63) is 53.2 Å². The van der Waals surface area contributed by atoms with Crippen LogP contribution in [0.15, 0.2) is 36.4 Å². The predicted octanol–water partition coefficient (Wildman–Crippen LogP) is 5.46. The Morgan fingerprint density at radius 3 is 2.77 bits per heavy atom. The summed E-state index contributed by atoms with van der Waals surface area (Å²) >= 11 is 1.50. The zero-order valence-corrected chi connectivity index (χ0v) is 21.1. The number of ether oxygens (including phenoxy) is 3. The van der Waals surface area contributed by atoms with Crippen LogP contribution in [0, 0.1) is 6.92 Å². The average Bonchev–Trinajstić information content (AvgIpc) is 3.43. The normalized spacial score (nSPS) is 15.1. The van der Waals surface area contributed by atoms with Crippen molar-refractivity contribution in [1.82, 2.24) is 14.8 Å². The van der Waals surface area contributed by atoms with E-state index in [9.17, 15) is 4.79 Å². The fourth-order valence-corrected chi connectivity index (χ4v) is 5.38. The molecule has 0 fully saturated rings. The molecule has 9 heteroatoms. The number of aromatic nitrogens is 3. The number of anilines is 1. The first-order chi connectivity index (χ1) is 17.0. The van der Waals surface area contributed by atoms with E-state index in [0.717, 1.165) is 45.6 Å². The molecule has 0 unspecified atom stereocenters. The van der Waals surface area contributed by atoms with Gasteiger partial charge in [0.1, 0.15) is 11.6 Å². The summed E-state index contributed by atoms with van der Waals surface area (Å²) in [4.78, 5) is 17.6. The fourth-order valence-electron chi connectivity index (χ4n) is 4.43. The molecule has 2 aromatic carbocycles. The molecule has 2 aromatic heterocycles. The molecular weight excluding hydrogens is 464 g/mol. The third kappa shape index (κ3) is 4.32. The standard InChI is InChI=1S/C26H28N4O4S/c1-5-6-11-34-20-10-7-16(12-21(20)33-4)18-14-23(31)28-25-24(18)15(2)29-30(25)26-27-19-9-8-17(32-3)13-22(19)35-26/h7-10,12-13,18H,5-6,11,14H2,1-4H3,(H,28,31)/t18-/m1/s1. The Morgan fingerprint density at radius 1 is 1.14 bits per heavy atom.